The van der Waals surface area contributed by atoms with Crippen LogP contribution >= 0.6 is 0 Å². The predicted molar refractivity (Wildman–Crippen MR) is 17.3 cm³/mol. The molecule has 0 saturated carbocycles. The molecule has 0 spiro atoms. The van der Waals surface area contributed by atoms with Crippen LogP contribution in [0, 0.1) is 0 Å². The van der Waals surface area contributed by atoms with Crippen molar-refractivity contribution < 1.29 is 36.5 Å². The van der Waals surface area contributed by atoms with Crippen LogP contribution in [0.2, 0.25) is 0 Å². The third-order valence-corrected chi connectivity index (χ3v) is 0. The summed E-state index contributed by atoms with van der Waals surface area (Å²) in [5.74, 6) is 0. The van der Waals surface area contributed by atoms with Crippen molar-refractivity contribution in [2.75, 3.05) is 0 Å². The third kappa shape index (κ3) is 18.2. The van der Waals surface area contributed by atoms with Crippen LogP contribution in [0.15, 0.2) is 0 Å². The summed E-state index contributed by atoms with van der Waals surface area (Å²) in [5.41, 5.74) is 0. The van der Waals surface area contributed by atoms with Gasteiger partial charge in [-0.2, -0.15) is 0 Å². The Labute approximate surface area is 114 Å². The van der Waals surface area contributed by atoms with E-state index in [4.69, 9.17) is 0 Å². The van der Waals surface area contributed by atoms with Crippen molar-refractivity contribution in [3.8, 4) is 0 Å². The molecule has 0 aromatic rings. The van der Waals surface area contributed by atoms with Crippen LogP contribution in [0.25, 0.3) is 0 Å². The average molecular weight is 200 g/mol. The van der Waals surface area contributed by atoms with Gasteiger partial charge >= 0.3 is 0 Å². The van der Waals surface area contributed by atoms with Crippen LogP contribution < -0.4 is 0 Å². The summed E-state index contributed by atoms with van der Waals surface area (Å²) in [4.78, 5) is 0. The average Bonchev–Trinajstić information content (AvgIpc) is 0. The molecule has 0 fully saturated rings. The van der Waals surface area contributed by atoms with Crippen molar-refractivity contribution in [2.24, 2.45) is 0 Å². The van der Waals surface area contributed by atoms with Crippen LogP contribution in [0.4, 0.5) is 0 Å². The number of rotatable bonds is 0. The summed E-state index contributed by atoms with van der Waals surface area (Å²) >= 11 is 0. The Balaban J connectivity index is 0. The van der Waals surface area contributed by atoms with Crippen molar-refractivity contribution in [1.82, 2.24) is 0 Å². The molecule has 0 aromatic heterocycles. The zero-order valence-electron chi connectivity index (χ0n) is 3.42. The molecule has 0 unspecified atom stereocenters. The smallest absolute Gasteiger partial charge is 0 e. The van der Waals surface area contributed by atoms with Gasteiger partial charge in [0, 0.05) is 116 Å². The van der Waals surface area contributed by atoms with Crippen LogP contribution in [0.1, 0.15) is 0 Å². The monoisotopic (exact) mass is 198 g/mol. The summed E-state index contributed by atoms with van der Waals surface area (Å²) < 4.78 is 0. The van der Waals surface area contributed by atoms with Gasteiger partial charge in [-0.05, 0) is 0 Å². The minimum absolute atomic E-state index is 0. The second-order valence-corrected chi connectivity index (χ2v) is 0. The normalized spacial score (nSPS) is 0. The Bertz CT molecular complexity index is 11.6. The molecule has 0 rings (SSSR count). The van der Waals surface area contributed by atoms with E-state index in [1.807, 2.05) is 0 Å². The van der Waals surface area contributed by atoms with E-state index in [9.17, 15) is 0 Å². The molecule has 18 valence electrons. The molecule has 6 radical (unpaired) electrons. The first-order valence-corrected chi connectivity index (χ1v) is 0. The Hall–Kier alpha value is 3.77. The van der Waals surface area contributed by atoms with Crippen molar-refractivity contribution in [2.45, 2.75) is 0 Å². The van der Waals surface area contributed by atoms with Crippen molar-refractivity contribution in [1.29, 1.82) is 0 Å². The van der Waals surface area contributed by atoms with Crippen molar-refractivity contribution >= 4 is 79.7 Å². The van der Waals surface area contributed by atoms with Gasteiger partial charge in [-0.1, -0.05) is 0 Å². The number of hydrogen-bond acceptors (Lipinski definition) is 0. The third-order valence-electron chi connectivity index (χ3n) is 0. The fourth-order valence-corrected chi connectivity index (χ4v) is 0. The molecule has 0 aliphatic heterocycles. The SMILES string of the molecule is [Ca].[Cu].[Li].[Mg].[Zn]. The zero-order chi connectivity index (χ0) is 0. The Morgan fingerprint density at radius 2 is 1.00 bits per heavy atom. The van der Waals surface area contributed by atoms with E-state index in [0.717, 1.165) is 0 Å². The maximum atomic E-state index is 0. The fraction of sp³-hybridized carbons (Fsp3) is 0. The second kappa shape index (κ2) is 25.1. The molecule has 0 nitrogen and oxygen atoms in total. The molecule has 0 amide bonds. The maximum absolute atomic E-state index is 0. The largest absolute Gasteiger partial charge is 0 e. The molecule has 0 aliphatic carbocycles. The molecule has 0 atom stereocenters. The summed E-state index contributed by atoms with van der Waals surface area (Å²) in [6.07, 6.45) is 0. The summed E-state index contributed by atoms with van der Waals surface area (Å²) in [7, 11) is 0. The van der Waals surface area contributed by atoms with Gasteiger partial charge in [0.15, 0.2) is 0 Å². The van der Waals surface area contributed by atoms with Crippen molar-refractivity contribution in [3.05, 3.63) is 0 Å². The van der Waals surface area contributed by atoms with Gasteiger partial charge in [-0.25, -0.2) is 0 Å². The summed E-state index contributed by atoms with van der Waals surface area (Å²) in [5, 5.41) is 0. The van der Waals surface area contributed by atoms with Crippen molar-refractivity contribution in [3.63, 3.8) is 0 Å². The summed E-state index contributed by atoms with van der Waals surface area (Å²) in [6.45, 7) is 0. The van der Waals surface area contributed by atoms with E-state index >= 15 is 0 Å². The molecule has 0 saturated heterocycles. The minimum Gasteiger partial charge on any atom is 0 e. The maximum Gasteiger partial charge on any atom is 0 e. The Morgan fingerprint density at radius 1 is 1.00 bits per heavy atom. The van der Waals surface area contributed by atoms with Gasteiger partial charge in [0.2, 0.25) is 0 Å². The van der Waals surface area contributed by atoms with Gasteiger partial charge in [0.05, 0.1) is 0 Å². The topological polar surface area (TPSA) is 0 Å². The number of hydrogen-bond donors (Lipinski definition) is 0. The Morgan fingerprint density at radius 3 is 1.00 bits per heavy atom. The molecule has 0 bridgehead atoms. The van der Waals surface area contributed by atoms with Gasteiger partial charge in [0.25, 0.3) is 0 Å². The second-order valence-electron chi connectivity index (χ2n) is 0. The fourth-order valence-electron chi connectivity index (χ4n) is 0. The van der Waals surface area contributed by atoms with E-state index in [1.54, 1.807) is 0 Å². The van der Waals surface area contributed by atoms with Gasteiger partial charge < -0.3 is 0 Å². The molecule has 0 heterocycles. The first kappa shape index (κ1) is 37.3. The predicted octanol–water partition coefficient (Wildman–Crippen LogP) is -1.15. The molecule has 0 N–H and O–H groups in total. The van der Waals surface area contributed by atoms with E-state index in [1.165, 1.54) is 0 Å². The van der Waals surface area contributed by atoms with Crippen LogP contribution in [-0.2, 0) is 36.5 Å². The van der Waals surface area contributed by atoms with E-state index in [0.29, 0.717) is 0 Å². The standard InChI is InChI=1S/Ca.Cu.Li.Mg.Zn. The first-order valence-electron chi connectivity index (χ1n) is 0. The van der Waals surface area contributed by atoms with E-state index in [2.05, 4.69) is 0 Å². The molecule has 5 heteroatoms. The zero-order valence-corrected chi connectivity index (χ0v) is 11.0. The molecular formula is CaCuLiMgZn. The Kier molecular flexibility index (Phi) is 187. The minimum atomic E-state index is 0. The molecular weight excluding hydrogens is 200 g/mol. The molecule has 0 aromatic carbocycles. The summed E-state index contributed by atoms with van der Waals surface area (Å²) in [6, 6.07) is 0. The van der Waals surface area contributed by atoms with Gasteiger partial charge in [0.1, 0.15) is 0 Å². The molecule has 5 heavy (non-hydrogen) atoms. The quantitative estimate of drug-likeness (QED) is 0.433. The molecule has 0 aliphatic rings. The van der Waals surface area contributed by atoms with E-state index in [-0.39, 0.29) is 116 Å². The van der Waals surface area contributed by atoms with Crippen LogP contribution in [0.5, 0.6) is 0 Å². The van der Waals surface area contributed by atoms with Crippen LogP contribution in [-0.4, -0.2) is 79.7 Å². The van der Waals surface area contributed by atoms with Gasteiger partial charge in [-0.15, -0.1) is 0 Å². The van der Waals surface area contributed by atoms with Gasteiger partial charge in [-0.3, -0.25) is 0 Å². The van der Waals surface area contributed by atoms with Crippen LogP contribution in [0.3, 0.4) is 0 Å². The first-order chi connectivity index (χ1) is 0. The van der Waals surface area contributed by atoms with E-state index < -0.39 is 0 Å².